The third-order valence-electron chi connectivity index (χ3n) is 11.6. The lowest BCUT2D eigenvalue weighted by atomic mass is 9.67. The van der Waals surface area contributed by atoms with E-state index in [1.54, 1.807) is 0 Å². The van der Waals surface area contributed by atoms with Gasteiger partial charge < -0.3 is 0 Å². The molecule has 0 unspecified atom stereocenters. The third-order valence-corrected chi connectivity index (χ3v) is 12.7. The van der Waals surface area contributed by atoms with Gasteiger partial charge in [0.2, 0.25) is 0 Å². The highest BCUT2D eigenvalue weighted by Crippen LogP contribution is 2.63. The fourth-order valence-corrected chi connectivity index (χ4v) is 10.1. The molecule has 1 aliphatic carbocycles. The highest BCUT2D eigenvalue weighted by molar-refractivity contribution is 7.99. The standard InChI is InChI=1S/C54H33N3S/c55-34-35-13-11-18-38(29-35)40-25-27-43-44-28-26-41(32-48(44)54(47(43)31-40)45-21-7-9-23-51(45)58-52-24-10-8-22-46(52)54)39-19-12-20-42(30-39)50-33-49(36-14-3-1-4-15-36)56-53(57-50)37-16-5-2-6-17-37/h1-33H. The van der Waals surface area contributed by atoms with Crippen molar-refractivity contribution in [3.05, 3.63) is 228 Å². The van der Waals surface area contributed by atoms with E-state index in [0.717, 1.165) is 50.3 Å². The van der Waals surface area contributed by atoms with Gasteiger partial charge in [-0.1, -0.05) is 163 Å². The van der Waals surface area contributed by atoms with Crippen LogP contribution in [0.5, 0.6) is 0 Å². The quantitative estimate of drug-likeness (QED) is 0.175. The highest BCUT2D eigenvalue weighted by atomic mass is 32.2. The molecular weight excluding hydrogens is 723 g/mol. The van der Waals surface area contributed by atoms with E-state index < -0.39 is 5.41 Å². The molecule has 0 saturated heterocycles. The molecule has 0 radical (unpaired) electrons. The lowest BCUT2D eigenvalue weighted by Gasteiger charge is -2.40. The molecule has 1 aromatic heterocycles. The molecule has 2 aliphatic rings. The largest absolute Gasteiger partial charge is 0.228 e. The van der Waals surface area contributed by atoms with Gasteiger partial charge >= 0.3 is 0 Å². The Morgan fingerprint density at radius 2 is 0.862 bits per heavy atom. The Hall–Kier alpha value is -7.32. The van der Waals surface area contributed by atoms with Crippen LogP contribution in [-0.4, -0.2) is 9.97 Å². The summed E-state index contributed by atoms with van der Waals surface area (Å²) in [4.78, 5) is 12.7. The van der Waals surface area contributed by atoms with Crippen LogP contribution in [0.15, 0.2) is 210 Å². The van der Waals surface area contributed by atoms with Crippen molar-refractivity contribution >= 4 is 11.8 Å². The molecule has 4 heteroatoms. The van der Waals surface area contributed by atoms with Crippen LogP contribution in [0, 0.1) is 11.3 Å². The highest BCUT2D eigenvalue weighted by Gasteiger charge is 2.50. The molecule has 1 aliphatic heterocycles. The summed E-state index contributed by atoms with van der Waals surface area (Å²) in [7, 11) is 0. The average molecular weight is 756 g/mol. The first kappa shape index (κ1) is 34.0. The second-order valence-corrected chi connectivity index (χ2v) is 15.9. The molecule has 0 bridgehead atoms. The van der Waals surface area contributed by atoms with E-state index in [1.165, 1.54) is 43.2 Å². The van der Waals surface area contributed by atoms with E-state index in [9.17, 15) is 5.26 Å². The smallest absolute Gasteiger partial charge is 0.160 e. The lowest BCUT2D eigenvalue weighted by molar-refractivity contribution is 0.723. The topological polar surface area (TPSA) is 49.6 Å². The predicted octanol–water partition coefficient (Wildman–Crippen LogP) is 13.5. The Morgan fingerprint density at radius 3 is 1.48 bits per heavy atom. The van der Waals surface area contributed by atoms with E-state index >= 15 is 0 Å². The molecule has 8 aromatic carbocycles. The van der Waals surface area contributed by atoms with Gasteiger partial charge in [0.15, 0.2) is 5.82 Å². The summed E-state index contributed by atoms with van der Waals surface area (Å²) in [6, 6.07) is 73.3. The maximum atomic E-state index is 9.76. The summed E-state index contributed by atoms with van der Waals surface area (Å²) in [6.07, 6.45) is 0. The molecule has 11 rings (SSSR count). The minimum absolute atomic E-state index is 0.554. The SMILES string of the molecule is N#Cc1cccc(-c2ccc3c(c2)C2(c4ccccc4Sc4ccccc42)c2cc(-c4cccc(-c5cc(-c6ccccc6)nc(-c6ccccc6)n5)c4)ccc2-3)c1. The van der Waals surface area contributed by atoms with Gasteiger partial charge in [-0.3, -0.25) is 0 Å². The van der Waals surface area contributed by atoms with Gasteiger partial charge in [0.05, 0.1) is 28.4 Å². The number of fused-ring (bicyclic) bond motifs is 9. The molecule has 0 atom stereocenters. The zero-order valence-corrected chi connectivity index (χ0v) is 32.1. The summed E-state index contributed by atoms with van der Waals surface area (Å²) in [5.41, 5.74) is 16.9. The van der Waals surface area contributed by atoms with Gasteiger partial charge in [-0.2, -0.15) is 5.26 Å². The maximum Gasteiger partial charge on any atom is 0.160 e. The van der Waals surface area contributed by atoms with E-state index in [4.69, 9.17) is 9.97 Å². The molecular formula is C54H33N3S. The molecule has 2 heterocycles. The minimum Gasteiger partial charge on any atom is -0.228 e. The van der Waals surface area contributed by atoms with Crippen LogP contribution < -0.4 is 0 Å². The fraction of sp³-hybridized carbons (Fsp3) is 0.0185. The van der Waals surface area contributed by atoms with E-state index in [0.29, 0.717) is 11.4 Å². The van der Waals surface area contributed by atoms with Crippen molar-refractivity contribution in [3.63, 3.8) is 0 Å². The zero-order valence-electron chi connectivity index (χ0n) is 31.3. The molecule has 0 N–H and O–H groups in total. The van der Waals surface area contributed by atoms with E-state index in [-0.39, 0.29) is 0 Å². The Labute approximate surface area is 342 Å². The van der Waals surface area contributed by atoms with Crippen LogP contribution in [0.4, 0.5) is 0 Å². The average Bonchev–Trinajstić information content (AvgIpc) is 3.58. The fourth-order valence-electron chi connectivity index (χ4n) is 8.95. The normalized spacial score (nSPS) is 12.9. The molecule has 1 spiro atoms. The molecule has 0 amide bonds. The van der Waals surface area contributed by atoms with Crippen LogP contribution in [0.2, 0.25) is 0 Å². The van der Waals surface area contributed by atoms with Gasteiger partial charge in [0.1, 0.15) is 0 Å². The molecule has 3 nitrogen and oxygen atoms in total. The Balaban J connectivity index is 1.11. The maximum absolute atomic E-state index is 9.76. The number of benzene rings is 8. The Kier molecular flexibility index (Phi) is 8.03. The predicted molar refractivity (Wildman–Crippen MR) is 235 cm³/mol. The van der Waals surface area contributed by atoms with E-state index in [1.807, 2.05) is 66.4 Å². The summed E-state index contributed by atoms with van der Waals surface area (Å²) in [5.74, 6) is 0.700. The summed E-state index contributed by atoms with van der Waals surface area (Å²) >= 11 is 1.85. The molecule has 9 aromatic rings. The Bertz CT molecular complexity index is 3010. The number of aromatic nitrogens is 2. The number of hydrogen-bond donors (Lipinski definition) is 0. The van der Waals surface area contributed by atoms with Crippen LogP contribution in [-0.2, 0) is 5.41 Å². The van der Waals surface area contributed by atoms with Crippen molar-refractivity contribution in [3.8, 4) is 73.4 Å². The lowest BCUT2D eigenvalue weighted by Crippen LogP contribution is -2.32. The molecule has 270 valence electrons. The zero-order chi connectivity index (χ0) is 38.6. The molecule has 58 heavy (non-hydrogen) atoms. The number of nitrogens with zero attached hydrogens (tertiary/aromatic N) is 3. The van der Waals surface area contributed by atoms with Gasteiger partial charge in [-0.15, -0.1) is 0 Å². The van der Waals surface area contributed by atoms with Gasteiger partial charge in [0, 0.05) is 26.5 Å². The van der Waals surface area contributed by atoms with Gasteiger partial charge in [-0.05, 0) is 104 Å². The second-order valence-electron chi connectivity index (χ2n) is 14.8. The van der Waals surface area contributed by atoms with Gasteiger partial charge in [-0.25, -0.2) is 9.97 Å². The van der Waals surface area contributed by atoms with Crippen LogP contribution in [0.25, 0.3) is 67.3 Å². The second kappa shape index (κ2) is 13.7. The minimum atomic E-state index is -0.554. The Morgan fingerprint density at radius 1 is 0.379 bits per heavy atom. The van der Waals surface area contributed by atoms with Crippen molar-refractivity contribution in [2.45, 2.75) is 15.2 Å². The number of rotatable bonds is 5. The summed E-state index contributed by atoms with van der Waals surface area (Å²) < 4.78 is 0. The first-order chi connectivity index (χ1) is 28.7. The van der Waals surface area contributed by atoms with Crippen LogP contribution in [0.1, 0.15) is 27.8 Å². The van der Waals surface area contributed by atoms with Crippen molar-refractivity contribution in [2.24, 2.45) is 0 Å². The van der Waals surface area contributed by atoms with Crippen molar-refractivity contribution < 1.29 is 0 Å². The molecule has 0 fully saturated rings. The van der Waals surface area contributed by atoms with Crippen molar-refractivity contribution in [2.75, 3.05) is 0 Å². The van der Waals surface area contributed by atoms with Crippen LogP contribution in [0.3, 0.4) is 0 Å². The summed E-state index contributed by atoms with van der Waals surface area (Å²) in [5, 5.41) is 9.76. The summed E-state index contributed by atoms with van der Waals surface area (Å²) in [6.45, 7) is 0. The number of nitriles is 1. The first-order valence-corrected chi connectivity index (χ1v) is 20.3. The van der Waals surface area contributed by atoms with Crippen molar-refractivity contribution in [1.82, 2.24) is 9.97 Å². The first-order valence-electron chi connectivity index (χ1n) is 19.4. The van der Waals surface area contributed by atoms with Gasteiger partial charge in [0.25, 0.3) is 0 Å². The van der Waals surface area contributed by atoms with E-state index in [2.05, 4.69) is 152 Å². The monoisotopic (exact) mass is 755 g/mol. The van der Waals surface area contributed by atoms with Crippen molar-refractivity contribution in [1.29, 1.82) is 5.26 Å². The van der Waals surface area contributed by atoms with Crippen LogP contribution >= 0.6 is 11.8 Å². The molecule has 0 saturated carbocycles. The third kappa shape index (κ3) is 5.44. The number of hydrogen-bond acceptors (Lipinski definition) is 4.